The molecule has 3 rings (SSSR count). The van der Waals surface area contributed by atoms with Gasteiger partial charge < -0.3 is 10.2 Å². The summed E-state index contributed by atoms with van der Waals surface area (Å²) in [4.78, 5) is 27.9. The van der Waals surface area contributed by atoms with Crippen LogP contribution >= 0.6 is 11.6 Å². The molecule has 7 nitrogen and oxygen atoms in total. The van der Waals surface area contributed by atoms with Gasteiger partial charge in [0.05, 0.1) is 10.6 Å². The molecule has 0 bridgehead atoms. The Morgan fingerprint density at radius 3 is 2.08 bits per heavy atom. The van der Waals surface area contributed by atoms with Gasteiger partial charge >= 0.3 is 0 Å². The molecule has 3 aromatic rings. The number of carbonyl (C=O) groups is 2. The first-order chi connectivity index (χ1) is 17.5. The van der Waals surface area contributed by atoms with Crippen molar-refractivity contribution in [2.24, 2.45) is 0 Å². The van der Waals surface area contributed by atoms with Gasteiger partial charge in [-0.1, -0.05) is 41.9 Å². The molecule has 0 aliphatic heterocycles. The van der Waals surface area contributed by atoms with Crippen molar-refractivity contribution in [3.8, 4) is 0 Å². The Bertz CT molecular complexity index is 1320. The maximum Gasteiger partial charge on any atom is 0.264 e. The second-order valence-electron chi connectivity index (χ2n) is 8.79. The van der Waals surface area contributed by atoms with Gasteiger partial charge in [-0.25, -0.2) is 12.8 Å². The number of anilines is 1. The minimum absolute atomic E-state index is 0.00781. The third-order valence-electron chi connectivity index (χ3n) is 5.59. The number of nitrogens with one attached hydrogen (secondary N) is 1. The van der Waals surface area contributed by atoms with E-state index in [2.05, 4.69) is 5.32 Å². The van der Waals surface area contributed by atoms with Gasteiger partial charge in [0.2, 0.25) is 11.8 Å². The molecule has 10 heteroatoms. The van der Waals surface area contributed by atoms with E-state index >= 15 is 0 Å². The van der Waals surface area contributed by atoms with Crippen LogP contribution in [-0.2, 0) is 26.2 Å². The van der Waals surface area contributed by atoms with E-state index in [4.69, 9.17) is 11.6 Å². The van der Waals surface area contributed by atoms with Crippen LogP contribution in [0.1, 0.15) is 26.3 Å². The molecule has 0 radical (unpaired) electrons. The van der Waals surface area contributed by atoms with E-state index in [-0.39, 0.29) is 23.2 Å². The van der Waals surface area contributed by atoms with Crippen LogP contribution in [0.2, 0.25) is 5.02 Å². The van der Waals surface area contributed by atoms with E-state index in [1.807, 2.05) is 0 Å². The Morgan fingerprint density at radius 2 is 1.51 bits per heavy atom. The van der Waals surface area contributed by atoms with Gasteiger partial charge in [-0.15, -0.1) is 0 Å². The normalized spacial score (nSPS) is 12.2. The molecule has 0 aromatic heterocycles. The Hall–Kier alpha value is -3.43. The fourth-order valence-corrected chi connectivity index (χ4v) is 5.19. The van der Waals surface area contributed by atoms with Gasteiger partial charge in [-0.05, 0) is 74.9 Å². The SMILES string of the molecule is CC(C)NC(=O)C(C)N(Cc1ccc(F)cc1)C(=O)CN(c1ccc(Cl)cc1)S(=O)(=O)c1ccccc1. The highest BCUT2D eigenvalue weighted by Gasteiger charge is 2.32. The summed E-state index contributed by atoms with van der Waals surface area (Å²) >= 11 is 6.01. The lowest BCUT2D eigenvalue weighted by Gasteiger charge is -2.32. The van der Waals surface area contributed by atoms with Crippen LogP contribution in [-0.4, -0.2) is 43.8 Å². The van der Waals surface area contributed by atoms with Crippen molar-refractivity contribution in [3.63, 3.8) is 0 Å². The highest BCUT2D eigenvalue weighted by atomic mass is 35.5. The zero-order valence-corrected chi connectivity index (χ0v) is 22.3. The molecule has 1 N–H and O–H groups in total. The average molecular weight is 546 g/mol. The predicted octanol–water partition coefficient (Wildman–Crippen LogP) is 4.62. The van der Waals surface area contributed by atoms with Crippen molar-refractivity contribution in [1.29, 1.82) is 0 Å². The molecule has 0 aliphatic carbocycles. The van der Waals surface area contributed by atoms with E-state index in [0.717, 1.165) is 4.31 Å². The first-order valence-electron chi connectivity index (χ1n) is 11.7. The molecular weight excluding hydrogens is 517 g/mol. The lowest BCUT2D eigenvalue weighted by Crippen LogP contribution is -2.52. The molecule has 37 heavy (non-hydrogen) atoms. The molecule has 0 aliphatic rings. The first-order valence-corrected chi connectivity index (χ1v) is 13.5. The van der Waals surface area contributed by atoms with Crippen LogP contribution in [0.25, 0.3) is 0 Å². The van der Waals surface area contributed by atoms with E-state index < -0.39 is 40.2 Å². The fraction of sp³-hybridized carbons (Fsp3) is 0.259. The summed E-state index contributed by atoms with van der Waals surface area (Å²) in [5.74, 6) is -1.44. The van der Waals surface area contributed by atoms with Crippen LogP contribution in [0.3, 0.4) is 0 Å². The number of hydrogen-bond donors (Lipinski definition) is 1. The van der Waals surface area contributed by atoms with Crippen molar-refractivity contribution in [3.05, 3.63) is 95.3 Å². The standard InChI is InChI=1S/C27H29ClFN3O4S/c1-19(2)30-27(34)20(3)31(17-21-9-13-23(29)14-10-21)26(33)18-32(24-15-11-22(28)12-16-24)37(35,36)25-7-5-4-6-8-25/h4-16,19-20H,17-18H2,1-3H3,(H,30,34). The van der Waals surface area contributed by atoms with Gasteiger partial charge in [0, 0.05) is 17.6 Å². The molecule has 1 unspecified atom stereocenters. The Morgan fingerprint density at radius 1 is 0.919 bits per heavy atom. The van der Waals surface area contributed by atoms with E-state index in [0.29, 0.717) is 10.6 Å². The minimum Gasteiger partial charge on any atom is -0.352 e. The van der Waals surface area contributed by atoms with Gasteiger partial charge in [0.1, 0.15) is 18.4 Å². The van der Waals surface area contributed by atoms with E-state index in [1.165, 1.54) is 65.6 Å². The quantitative estimate of drug-likeness (QED) is 0.403. The zero-order valence-electron chi connectivity index (χ0n) is 20.8. The van der Waals surface area contributed by atoms with E-state index in [1.54, 1.807) is 39.0 Å². The van der Waals surface area contributed by atoms with Crippen LogP contribution in [0.4, 0.5) is 10.1 Å². The molecule has 2 amide bonds. The van der Waals surface area contributed by atoms with Gasteiger partial charge in [-0.2, -0.15) is 0 Å². The number of amides is 2. The topological polar surface area (TPSA) is 86.8 Å². The fourth-order valence-electron chi connectivity index (χ4n) is 3.63. The second-order valence-corrected chi connectivity index (χ2v) is 11.1. The van der Waals surface area contributed by atoms with Crippen LogP contribution in [0.15, 0.2) is 83.8 Å². The van der Waals surface area contributed by atoms with Crippen LogP contribution in [0.5, 0.6) is 0 Å². The summed E-state index contributed by atoms with van der Waals surface area (Å²) < 4.78 is 41.7. The molecule has 0 fully saturated rings. The summed E-state index contributed by atoms with van der Waals surface area (Å²) in [7, 11) is -4.15. The first kappa shape index (κ1) is 28.1. The van der Waals surface area contributed by atoms with E-state index in [9.17, 15) is 22.4 Å². The van der Waals surface area contributed by atoms with Crippen molar-refractivity contribution in [2.75, 3.05) is 10.8 Å². The minimum atomic E-state index is -4.15. The molecule has 196 valence electrons. The molecule has 3 aromatic carbocycles. The lowest BCUT2D eigenvalue weighted by molar-refractivity contribution is -0.139. The Balaban J connectivity index is 2.00. The summed E-state index contributed by atoms with van der Waals surface area (Å²) in [5, 5.41) is 3.19. The Kier molecular flexibility index (Phi) is 9.29. The molecule has 1 atom stereocenters. The molecule has 0 spiro atoms. The number of hydrogen-bond acceptors (Lipinski definition) is 4. The number of sulfonamides is 1. The molecule has 0 saturated heterocycles. The van der Waals surface area contributed by atoms with Crippen molar-refractivity contribution < 1.29 is 22.4 Å². The highest BCUT2D eigenvalue weighted by molar-refractivity contribution is 7.92. The molecule has 0 heterocycles. The van der Waals surface area contributed by atoms with Crippen LogP contribution < -0.4 is 9.62 Å². The van der Waals surface area contributed by atoms with Gasteiger partial charge in [-0.3, -0.25) is 13.9 Å². The average Bonchev–Trinajstić information content (AvgIpc) is 2.87. The lowest BCUT2D eigenvalue weighted by atomic mass is 10.1. The smallest absolute Gasteiger partial charge is 0.264 e. The Labute approximate surface area is 221 Å². The zero-order chi connectivity index (χ0) is 27.2. The monoisotopic (exact) mass is 545 g/mol. The largest absolute Gasteiger partial charge is 0.352 e. The van der Waals surface area contributed by atoms with Gasteiger partial charge in [0.15, 0.2) is 0 Å². The van der Waals surface area contributed by atoms with Crippen LogP contribution in [0, 0.1) is 5.82 Å². The van der Waals surface area contributed by atoms with Crippen molar-refractivity contribution in [1.82, 2.24) is 10.2 Å². The third kappa shape index (κ3) is 7.30. The number of benzene rings is 3. The maximum absolute atomic E-state index is 13.7. The van der Waals surface area contributed by atoms with Crippen molar-refractivity contribution >= 4 is 39.1 Å². The van der Waals surface area contributed by atoms with Crippen molar-refractivity contribution in [2.45, 2.75) is 44.3 Å². The third-order valence-corrected chi connectivity index (χ3v) is 7.63. The number of nitrogens with zero attached hydrogens (tertiary/aromatic N) is 2. The molecule has 0 saturated carbocycles. The summed E-state index contributed by atoms with van der Waals surface area (Å²) in [6.45, 7) is 4.57. The summed E-state index contributed by atoms with van der Waals surface area (Å²) in [5.41, 5.74) is 0.825. The summed E-state index contributed by atoms with van der Waals surface area (Å²) in [6, 6.07) is 18.3. The summed E-state index contributed by atoms with van der Waals surface area (Å²) in [6.07, 6.45) is 0. The number of halogens is 2. The predicted molar refractivity (Wildman–Crippen MR) is 142 cm³/mol. The number of rotatable bonds is 10. The van der Waals surface area contributed by atoms with Gasteiger partial charge in [0.25, 0.3) is 10.0 Å². The highest BCUT2D eigenvalue weighted by Crippen LogP contribution is 2.26. The molecular formula is C27H29ClFN3O4S. The number of carbonyl (C=O) groups excluding carboxylic acids is 2. The second kappa shape index (κ2) is 12.2. The maximum atomic E-state index is 13.7.